The summed E-state index contributed by atoms with van der Waals surface area (Å²) in [5, 5.41) is 9.48. The summed E-state index contributed by atoms with van der Waals surface area (Å²) in [6.45, 7) is 4.67. The fourth-order valence-electron chi connectivity index (χ4n) is 4.27. The summed E-state index contributed by atoms with van der Waals surface area (Å²) in [6, 6.07) is -2.68. The first-order valence-corrected chi connectivity index (χ1v) is 18.4. The van der Waals surface area contributed by atoms with E-state index in [1.165, 1.54) is 45.0 Å². The minimum atomic E-state index is -2.66. The van der Waals surface area contributed by atoms with Gasteiger partial charge >= 0.3 is 0 Å². The van der Waals surface area contributed by atoms with Gasteiger partial charge in [-0.25, -0.2) is 0 Å². The summed E-state index contributed by atoms with van der Waals surface area (Å²) < 4.78 is 14.2. The SMILES string of the molecule is [B]C(=O)CCCCCSCNC(=O)[C@H](C)NC(=O)[C@@H](C)NC(=O)[C@H](C)NC(=O)CCCCCN1C(=O)CC(S(C)(C)F)C1=O. The van der Waals surface area contributed by atoms with Crippen LogP contribution in [0.25, 0.3) is 0 Å². The molecule has 0 aromatic rings. The van der Waals surface area contributed by atoms with Gasteiger partial charge in [-0.05, 0) is 71.1 Å². The smallest absolute Gasteiger partial charge is 0.243 e. The third kappa shape index (κ3) is 14.9. The number of hydrogen-bond acceptors (Lipinski definition) is 8. The molecule has 0 saturated carbocycles. The number of carbonyl (C=O) groups is 7. The molecule has 1 unspecified atom stereocenters. The zero-order valence-electron chi connectivity index (χ0n) is 26.4. The van der Waals surface area contributed by atoms with Crippen LogP contribution in [0.2, 0.25) is 0 Å². The number of likely N-dealkylation sites (tertiary alicyclic amines) is 1. The van der Waals surface area contributed by atoms with Gasteiger partial charge in [0.2, 0.25) is 35.4 Å². The highest BCUT2D eigenvalue weighted by Crippen LogP contribution is 2.51. The Morgan fingerprint density at radius 1 is 0.864 bits per heavy atom. The lowest BCUT2D eigenvalue weighted by molar-refractivity contribution is -0.138. The third-order valence-electron chi connectivity index (χ3n) is 7.00. The molecule has 1 fully saturated rings. The highest BCUT2D eigenvalue weighted by Gasteiger charge is 2.44. The highest BCUT2D eigenvalue weighted by atomic mass is 32.3. The van der Waals surface area contributed by atoms with Gasteiger partial charge < -0.3 is 26.1 Å². The number of thioether (sulfide) groups is 1. The molecule has 4 atom stereocenters. The van der Waals surface area contributed by atoms with Crippen molar-refractivity contribution in [1.29, 1.82) is 0 Å². The van der Waals surface area contributed by atoms with Gasteiger partial charge in [0.25, 0.3) is 0 Å². The molecule has 1 aliphatic rings. The molecule has 16 heteroatoms. The lowest BCUT2D eigenvalue weighted by Gasteiger charge is -2.25. The van der Waals surface area contributed by atoms with E-state index in [-0.39, 0.29) is 42.8 Å². The molecule has 4 N–H and O–H groups in total. The Morgan fingerprint density at radius 2 is 1.41 bits per heavy atom. The summed E-state index contributed by atoms with van der Waals surface area (Å²) in [6.07, 6.45) is 7.14. The zero-order valence-corrected chi connectivity index (χ0v) is 28.0. The predicted octanol–water partition coefficient (Wildman–Crippen LogP) is 1.20. The largest absolute Gasteiger partial charge is 0.345 e. The average molecular weight is 660 g/mol. The van der Waals surface area contributed by atoms with Gasteiger partial charge in [0.1, 0.15) is 23.4 Å². The molecule has 12 nitrogen and oxygen atoms in total. The van der Waals surface area contributed by atoms with Gasteiger partial charge in [-0.1, -0.05) is 23.3 Å². The van der Waals surface area contributed by atoms with Crippen molar-refractivity contribution < 1.29 is 37.4 Å². The van der Waals surface area contributed by atoms with Crippen LogP contribution in [0.3, 0.4) is 0 Å². The molecule has 0 aromatic carbocycles. The minimum Gasteiger partial charge on any atom is -0.345 e. The number of imide groups is 1. The van der Waals surface area contributed by atoms with Gasteiger partial charge in [-0.2, -0.15) is 3.89 Å². The van der Waals surface area contributed by atoms with E-state index in [9.17, 15) is 37.4 Å². The molecule has 248 valence electrons. The monoisotopic (exact) mass is 659 g/mol. The van der Waals surface area contributed by atoms with Crippen LogP contribution in [-0.2, 0) is 33.6 Å². The Morgan fingerprint density at radius 3 is 1.98 bits per heavy atom. The van der Waals surface area contributed by atoms with E-state index in [1.54, 1.807) is 0 Å². The first kappa shape index (κ1) is 39.4. The summed E-state index contributed by atoms with van der Waals surface area (Å²) in [5.74, 6) is -1.51. The summed E-state index contributed by atoms with van der Waals surface area (Å²) in [7, 11) is 2.44. The maximum atomic E-state index is 14.2. The number of halogens is 1. The standard InChI is InChI=1S/C28H47BFN5O7S2/c1-18(25(39)31-17-43-15-11-7-8-12-22(29)36)33-27(41)20(3)34-26(40)19(2)32-23(37)13-9-6-10-14-35-24(38)16-21(28(35)42)44(4,5)30/h18-21H,6-17H2,1-5H3,(H,31,39)(H,32,37)(H,33,41)(H,34,40)/t18-,19-,20+,21?/m0/s1. The van der Waals surface area contributed by atoms with E-state index in [2.05, 4.69) is 21.3 Å². The van der Waals surface area contributed by atoms with Gasteiger partial charge in [-0.3, -0.25) is 33.7 Å². The second kappa shape index (κ2) is 19.7. The molecule has 6 amide bonds. The Bertz CT molecular complexity index is 1050. The van der Waals surface area contributed by atoms with Crippen LogP contribution in [0.4, 0.5) is 3.89 Å². The number of rotatable bonds is 21. The first-order valence-electron chi connectivity index (χ1n) is 14.8. The second-order valence-corrected chi connectivity index (χ2v) is 15.5. The van der Waals surface area contributed by atoms with Crippen LogP contribution in [-0.4, -0.2) is 108 Å². The fraction of sp³-hybridized carbons (Fsp3) is 0.750. The molecular weight excluding hydrogens is 612 g/mol. The fourth-order valence-corrected chi connectivity index (χ4v) is 6.22. The van der Waals surface area contributed by atoms with Crippen molar-refractivity contribution in [3.63, 3.8) is 0 Å². The number of nitrogens with one attached hydrogen (secondary N) is 4. The van der Waals surface area contributed by atoms with Crippen molar-refractivity contribution in [2.24, 2.45) is 0 Å². The van der Waals surface area contributed by atoms with Crippen LogP contribution in [0.15, 0.2) is 0 Å². The third-order valence-corrected chi connectivity index (χ3v) is 9.65. The molecule has 1 saturated heterocycles. The quantitative estimate of drug-likeness (QED) is 0.0617. The van der Waals surface area contributed by atoms with E-state index in [4.69, 9.17) is 7.85 Å². The second-order valence-electron chi connectivity index (χ2n) is 11.3. The van der Waals surface area contributed by atoms with E-state index in [1.807, 2.05) is 0 Å². The molecule has 1 rings (SSSR count). The van der Waals surface area contributed by atoms with Crippen molar-refractivity contribution in [3.8, 4) is 0 Å². The summed E-state index contributed by atoms with van der Waals surface area (Å²) in [5.41, 5.74) is -0.314. The van der Waals surface area contributed by atoms with Crippen LogP contribution in [0.5, 0.6) is 0 Å². The van der Waals surface area contributed by atoms with Gasteiger partial charge in [0, 0.05) is 19.4 Å². The van der Waals surface area contributed by atoms with Gasteiger partial charge in [-0.15, -0.1) is 11.8 Å². The number of unbranched alkanes of at least 4 members (excludes halogenated alkanes) is 4. The van der Waals surface area contributed by atoms with Gasteiger partial charge in [0.15, 0.2) is 7.85 Å². The number of amides is 6. The molecular formula is C28H47BFN5O7S2. The van der Waals surface area contributed by atoms with Crippen LogP contribution in [0, 0.1) is 0 Å². The van der Waals surface area contributed by atoms with Gasteiger partial charge in [0.05, 0.1) is 11.6 Å². The molecule has 0 bridgehead atoms. The van der Waals surface area contributed by atoms with E-state index in [0.717, 1.165) is 29.9 Å². The lowest BCUT2D eigenvalue weighted by atomic mass is 9.97. The number of hydrogen-bond donors (Lipinski definition) is 4. The topological polar surface area (TPSA) is 171 Å². The van der Waals surface area contributed by atoms with Crippen molar-refractivity contribution in [1.82, 2.24) is 26.2 Å². The minimum absolute atomic E-state index is 0.0998. The van der Waals surface area contributed by atoms with Crippen LogP contribution in [0.1, 0.15) is 78.6 Å². The maximum Gasteiger partial charge on any atom is 0.243 e. The Kier molecular flexibility index (Phi) is 17.6. The van der Waals surface area contributed by atoms with Crippen LogP contribution >= 0.6 is 22.2 Å². The zero-order chi connectivity index (χ0) is 33.4. The van der Waals surface area contributed by atoms with E-state index in [0.29, 0.717) is 31.6 Å². The first-order chi connectivity index (χ1) is 20.5. The van der Waals surface area contributed by atoms with Crippen LogP contribution < -0.4 is 21.3 Å². The molecule has 44 heavy (non-hydrogen) atoms. The number of carbonyl (C=O) groups excluding carboxylic acids is 7. The molecule has 0 spiro atoms. The Labute approximate surface area is 266 Å². The normalized spacial score (nSPS) is 17.4. The Balaban J connectivity index is 2.25. The van der Waals surface area contributed by atoms with Crippen molar-refractivity contribution in [3.05, 3.63) is 0 Å². The Hall–Kier alpha value is -2.62. The summed E-state index contributed by atoms with van der Waals surface area (Å²) in [4.78, 5) is 85.8. The molecule has 1 heterocycles. The molecule has 0 aromatic heterocycles. The highest BCUT2D eigenvalue weighted by molar-refractivity contribution is 8.29. The van der Waals surface area contributed by atoms with E-state index < -0.39 is 51.5 Å². The van der Waals surface area contributed by atoms with Crippen molar-refractivity contribution in [2.45, 2.75) is 102 Å². The lowest BCUT2D eigenvalue weighted by Crippen LogP contribution is -2.54. The van der Waals surface area contributed by atoms with Crippen molar-refractivity contribution in [2.75, 3.05) is 30.7 Å². The maximum absolute atomic E-state index is 14.2. The average Bonchev–Trinajstić information content (AvgIpc) is 3.22. The van der Waals surface area contributed by atoms with Crippen molar-refractivity contribution >= 4 is 71.1 Å². The van der Waals surface area contributed by atoms with E-state index >= 15 is 0 Å². The molecule has 1 aliphatic heterocycles. The predicted molar refractivity (Wildman–Crippen MR) is 172 cm³/mol. The molecule has 2 radical (unpaired) electrons. The molecule has 0 aliphatic carbocycles. The number of nitrogens with zero attached hydrogens (tertiary/aromatic N) is 1. The summed E-state index contributed by atoms with van der Waals surface area (Å²) >= 11 is 1.52.